The Morgan fingerprint density at radius 2 is 1.02 bits per heavy atom. The van der Waals surface area contributed by atoms with Gasteiger partial charge < -0.3 is 9.31 Å². The van der Waals surface area contributed by atoms with Crippen molar-refractivity contribution in [1.29, 1.82) is 0 Å². The fourth-order valence-electron chi connectivity index (χ4n) is 4.41. The molecule has 1 aliphatic rings. The molecule has 1 saturated heterocycles. The Hall–Kier alpha value is -2.51. The van der Waals surface area contributed by atoms with E-state index in [1.54, 1.807) is 54.6 Å². The third-order valence-corrected chi connectivity index (χ3v) is 10.6. The Labute approximate surface area is 248 Å². The summed E-state index contributed by atoms with van der Waals surface area (Å²) in [5.74, 6) is 0. The molecular formula is C29H36BClN2O6S2. The van der Waals surface area contributed by atoms with Crippen molar-refractivity contribution in [3.63, 3.8) is 0 Å². The fourth-order valence-corrected chi connectivity index (χ4v) is 6.54. The van der Waals surface area contributed by atoms with Crippen LogP contribution in [0.5, 0.6) is 0 Å². The third kappa shape index (κ3) is 6.31. The molecule has 4 aromatic carbocycles. The van der Waals surface area contributed by atoms with Gasteiger partial charge in [-0.2, -0.15) is 0 Å². The monoisotopic (exact) mass is 618 g/mol. The van der Waals surface area contributed by atoms with Crippen LogP contribution in [-0.2, 0) is 29.4 Å². The molecule has 0 radical (unpaired) electrons. The van der Waals surface area contributed by atoms with Crippen LogP contribution in [0.25, 0.3) is 21.5 Å². The van der Waals surface area contributed by atoms with Gasteiger partial charge in [0.05, 0.1) is 21.0 Å². The third-order valence-electron chi connectivity index (χ3n) is 7.37. The molecule has 1 heterocycles. The number of hydrogen-bond acceptors (Lipinski definition) is 6. The van der Waals surface area contributed by atoms with E-state index < -0.39 is 38.4 Å². The van der Waals surface area contributed by atoms with E-state index in [1.165, 1.54) is 14.1 Å². The molecule has 12 heteroatoms. The Kier molecular flexibility index (Phi) is 9.66. The second-order valence-corrected chi connectivity index (χ2v) is 14.4. The van der Waals surface area contributed by atoms with Crippen LogP contribution in [-0.4, -0.2) is 49.3 Å². The molecule has 220 valence electrons. The highest BCUT2D eigenvalue weighted by Gasteiger charge is 2.52. The molecule has 0 bridgehead atoms. The van der Waals surface area contributed by atoms with Crippen LogP contribution in [0.3, 0.4) is 0 Å². The quantitative estimate of drug-likeness (QED) is 0.302. The van der Waals surface area contributed by atoms with E-state index in [4.69, 9.17) is 20.9 Å². The summed E-state index contributed by atoms with van der Waals surface area (Å²) in [4.78, 5) is 0.496. The van der Waals surface area contributed by atoms with E-state index in [-0.39, 0.29) is 17.2 Å². The van der Waals surface area contributed by atoms with Crippen molar-refractivity contribution in [2.24, 2.45) is 0 Å². The number of benzene rings is 4. The first-order valence-electron chi connectivity index (χ1n) is 12.6. The molecule has 0 amide bonds. The summed E-state index contributed by atoms with van der Waals surface area (Å²) in [6.07, 6.45) is 0. The van der Waals surface area contributed by atoms with Gasteiger partial charge in [-0.05, 0) is 70.8 Å². The number of halogens is 1. The minimum Gasteiger partial charge on any atom is -0.399 e. The number of nitrogens with one attached hydrogen (secondary N) is 2. The van der Waals surface area contributed by atoms with Crippen molar-refractivity contribution in [3.8, 4) is 0 Å². The molecule has 0 unspecified atom stereocenters. The van der Waals surface area contributed by atoms with Crippen molar-refractivity contribution < 1.29 is 26.1 Å². The van der Waals surface area contributed by atoms with Crippen LogP contribution >= 0.6 is 11.6 Å². The summed E-state index contributed by atoms with van der Waals surface area (Å²) in [6, 6.07) is 21.0. The molecule has 0 saturated carbocycles. The minimum atomic E-state index is -3.54. The van der Waals surface area contributed by atoms with Crippen LogP contribution in [0.1, 0.15) is 35.1 Å². The highest BCUT2D eigenvalue weighted by Crippen LogP contribution is 2.37. The van der Waals surface area contributed by atoms with Crippen molar-refractivity contribution in [3.05, 3.63) is 77.8 Å². The van der Waals surface area contributed by atoms with Gasteiger partial charge in [-0.15, -0.1) is 0 Å². The Balaban J connectivity index is 0.000000238. The smallest absolute Gasteiger partial charge is 0.399 e. The van der Waals surface area contributed by atoms with Crippen molar-refractivity contribution >= 4 is 65.8 Å². The average molecular weight is 619 g/mol. The van der Waals surface area contributed by atoms with Crippen LogP contribution < -0.4 is 14.9 Å². The first-order chi connectivity index (χ1) is 18.6. The summed E-state index contributed by atoms with van der Waals surface area (Å²) in [5, 5.41) is 3.38. The van der Waals surface area contributed by atoms with Crippen molar-refractivity contribution in [2.75, 3.05) is 14.1 Å². The van der Waals surface area contributed by atoms with E-state index in [0.717, 1.165) is 16.2 Å². The lowest BCUT2D eigenvalue weighted by Gasteiger charge is -2.32. The predicted octanol–water partition coefficient (Wildman–Crippen LogP) is 5.08. The number of sulfonamides is 2. The molecule has 0 aromatic heterocycles. The summed E-state index contributed by atoms with van der Waals surface area (Å²) in [6.45, 7) is 7.98. The van der Waals surface area contributed by atoms with Crippen molar-refractivity contribution in [1.82, 2.24) is 9.44 Å². The maximum atomic E-state index is 12.3. The van der Waals surface area contributed by atoms with E-state index in [2.05, 4.69) is 9.44 Å². The van der Waals surface area contributed by atoms with Crippen molar-refractivity contribution in [2.45, 2.75) is 56.1 Å². The van der Waals surface area contributed by atoms with Gasteiger partial charge in [-0.3, -0.25) is 0 Å². The maximum absolute atomic E-state index is 12.3. The van der Waals surface area contributed by atoms with E-state index >= 15 is 0 Å². The molecule has 2 N–H and O–H groups in total. The zero-order valence-corrected chi connectivity index (χ0v) is 25.5. The predicted molar refractivity (Wildman–Crippen MR) is 168 cm³/mol. The topological polar surface area (TPSA) is 111 Å². The fraction of sp³-hybridized carbons (Fsp3) is 0.310. The zero-order valence-electron chi connectivity index (χ0n) is 23.1. The molecule has 1 aliphatic heterocycles. The second-order valence-electron chi connectivity index (χ2n) is 10.3. The van der Waals surface area contributed by atoms with E-state index in [1.807, 2.05) is 45.9 Å². The lowest BCUT2D eigenvalue weighted by molar-refractivity contribution is 0.00578. The summed E-state index contributed by atoms with van der Waals surface area (Å²) >= 11 is 6.01. The molecular weight excluding hydrogens is 583 g/mol. The van der Waals surface area contributed by atoms with Gasteiger partial charge in [0.15, 0.2) is 0 Å². The minimum absolute atomic E-state index is 0. The van der Waals surface area contributed by atoms with Crippen LogP contribution in [0.4, 0.5) is 0 Å². The molecule has 1 fully saturated rings. The Morgan fingerprint density at radius 1 is 0.634 bits per heavy atom. The SMILES string of the molecule is C.CNS(=O)(=O)c1cccc2c(B3OC(C)(C)C(C)(C)O3)cccc12.CNS(=O)(=O)c1cccc2c(Cl)cccc12. The highest BCUT2D eigenvalue weighted by atomic mass is 35.5. The Morgan fingerprint density at radius 3 is 1.51 bits per heavy atom. The summed E-state index contributed by atoms with van der Waals surface area (Å²) in [7, 11) is -4.73. The molecule has 5 rings (SSSR count). The van der Waals surface area contributed by atoms with Gasteiger partial charge >= 0.3 is 7.12 Å². The first kappa shape index (κ1) is 33.0. The Bertz CT molecular complexity index is 1780. The van der Waals surface area contributed by atoms with Gasteiger partial charge in [0, 0.05) is 21.2 Å². The van der Waals surface area contributed by atoms with Gasteiger partial charge in [0.2, 0.25) is 20.0 Å². The largest absolute Gasteiger partial charge is 0.495 e. The molecule has 0 aliphatic carbocycles. The normalized spacial score (nSPS) is 16.2. The average Bonchev–Trinajstić information content (AvgIpc) is 3.14. The van der Waals surface area contributed by atoms with Crippen LogP contribution in [0.2, 0.25) is 5.02 Å². The number of fused-ring (bicyclic) bond motifs is 2. The van der Waals surface area contributed by atoms with E-state index in [0.29, 0.717) is 15.8 Å². The number of hydrogen-bond donors (Lipinski definition) is 2. The second kappa shape index (κ2) is 12.0. The molecule has 4 aromatic rings. The first-order valence-corrected chi connectivity index (χ1v) is 15.9. The summed E-state index contributed by atoms with van der Waals surface area (Å²) in [5.41, 5.74) is -0.0671. The van der Waals surface area contributed by atoms with Gasteiger partial charge in [0.1, 0.15) is 0 Å². The molecule has 0 spiro atoms. The zero-order chi connectivity index (χ0) is 29.5. The van der Waals surface area contributed by atoms with Gasteiger partial charge in [0.25, 0.3) is 0 Å². The standard InChI is InChI=1S/C17H22BNO4S.C11H10ClNO2S.CH4/c1-16(2)17(3,4)23-18(22-16)14-10-6-9-13-12(14)8-7-11-15(13)24(20,21)19-5;1-13-16(14,15)11-7-3-4-8-9(11)5-2-6-10(8)12;/h6-11,19H,1-5H3;2-7,13H,1H3;1H4. The lowest BCUT2D eigenvalue weighted by atomic mass is 9.76. The van der Waals surface area contributed by atoms with Crippen LogP contribution in [0, 0.1) is 0 Å². The molecule has 41 heavy (non-hydrogen) atoms. The summed E-state index contributed by atoms with van der Waals surface area (Å²) < 4.78 is 65.0. The van der Waals surface area contributed by atoms with E-state index in [9.17, 15) is 16.8 Å². The van der Waals surface area contributed by atoms with Crippen LogP contribution in [0.15, 0.2) is 82.6 Å². The number of rotatable bonds is 5. The van der Waals surface area contributed by atoms with Gasteiger partial charge in [-0.1, -0.05) is 73.6 Å². The molecule has 8 nitrogen and oxygen atoms in total. The molecule has 0 atom stereocenters. The highest BCUT2D eigenvalue weighted by molar-refractivity contribution is 7.90. The lowest BCUT2D eigenvalue weighted by Crippen LogP contribution is -2.41. The maximum Gasteiger partial charge on any atom is 0.495 e. The van der Waals surface area contributed by atoms with Gasteiger partial charge in [-0.25, -0.2) is 26.3 Å².